The lowest BCUT2D eigenvalue weighted by atomic mass is 9.96. The highest BCUT2D eigenvalue weighted by molar-refractivity contribution is 6.24. The van der Waals surface area contributed by atoms with E-state index in [2.05, 4.69) is 255 Å². The number of benzene rings is 12. The second-order valence-corrected chi connectivity index (χ2v) is 27.2. The molecule has 0 saturated heterocycles. The third-order valence-electron chi connectivity index (χ3n) is 20.4. The zero-order valence-corrected chi connectivity index (χ0v) is 59.4. The van der Waals surface area contributed by atoms with Gasteiger partial charge < -0.3 is 17.7 Å². The normalized spacial score (nSPS) is 11.6. The van der Waals surface area contributed by atoms with E-state index in [1.165, 1.54) is 75.8 Å². The van der Waals surface area contributed by atoms with Gasteiger partial charge in [0, 0.05) is 73.8 Å². The molecule has 0 aliphatic carbocycles. The summed E-state index contributed by atoms with van der Waals surface area (Å²) in [5, 5.41) is 19.1. The first-order valence-electron chi connectivity index (χ1n) is 34.8. The highest BCUT2D eigenvalue weighted by Crippen LogP contribution is 2.45. The Morgan fingerprint density at radius 2 is 0.650 bits per heavy atom. The standard InChI is InChI=1S/3C23H19N2O.C22H17N2O/c1-14-13-18-21-17-8-5-4-7-16(17)9-10-19(21)26-22(18)20(15(14)2)23-24-11-6-12-25(23)3;1-14-12-24-23(25(3)13-14)20-15(2)8-10-18-21-17-7-5-4-6-16(17)9-11-19(21)26-22(18)20;1-14-8-10-18-21-17-7-5-4-6-16(17)9-11-19(21)26-22(18)20(14)23-24-15(2)12-13-25(23)3;1-14-8-10-17-20-16-7-4-3-6-15(16)9-11-18(20)25-21(17)19(14)22-23-12-5-13-24(22)2/h3*4-13H,1-3H3;3-13H,1-2H3/q4*+1. The number of nitrogens with zero attached hydrogens (tertiary/aromatic N) is 8. The molecule has 0 amide bonds. The first-order chi connectivity index (χ1) is 50.1. The zero-order valence-electron chi connectivity index (χ0n) is 59.4. The van der Waals surface area contributed by atoms with Gasteiger partial charge in [0.15, 0.2) is 28.0 Å². The largest absolute Gasteiger partial charge is 0.455 e. The summed E-state index contributed by atoms with van der Waals surface area (Å²) < 4.78 is 33.6. The fourth-order valence-corrected chi connectivity index (χ4v) is 15.2. The number of hydrogen-bond acceptors (Lipinski definition) is 8. The molecular weight excluding hydrogens is 1270 g/mol. The quantitative estimate of drug-likeness (QED) is 0.160. The number of hydrogen-bond donors (Lipinski definition) is 0. The number of furan rings is 4. The van der Waals surface area contributed by atoms with Gasteiger partial charge in [0.1, 0.15) is 63.2 Å². The van der Waals surface area contributed by atoms with E-state index in [4.69, 9.17) is 27.6 Å². The van der Waals surface area contributed by atoms with Crippen molar-refractivity contribution >= 4 is 131 Å². The molecule has 0 fully saturated rings. The van der Waals surface area contributed by atoms with Crippen LogP contribution in [0.3, 0.4) is 0 Å². The predicted octanol–water partition coefficient (Wildman–Crippen LogP) is 20.7. The minimum absolute atomic E-state index is 0.903. The van der Waals surface area contributed by atoms with Gasteiger partial charge in [0.25, 0.3) is 0 Å². The molecule has 20 rings (SSSR count). The van der Waals surface area contributed by atoms with Gasteiger partial charge >= 0.3 is 23.3 Å². The third-order valence-corrected chi connectivity index (χ3v) is 20.4. The van der Waals surface area contributed by atoms with E-state index in [1.807, 2.05) is 99.6 Å². The lowest BCUT2D eigenvalue weighted by Crippen LogP contribution is -2.32. The van der Waals surface area contributed by atoms with E-state index in [-0.39, 0.29) is 0 Å². The van der Waals surface area contributed by atoms with Gasteiger partial charge in [-0.1, -0.05) is 158 Å². The Morgan fingerprint density at radius 3 is 1.06 bits per heavy atom. The van der Waals surface area contributed by atoms with Crippen molar-refractivity contribution < 1.29 is 35.9 Å². The van der Waals surface area contributed by atoms with Crippen LogP contribution < -0.4 is 18.3 Å². The maximum atomic E-state index is 6.38. The molecule has 12 aromatic carbocycles. The maximum Gasteiger partial charge on any atom is 0.334 e. The van der Waals surface area contributed by atoms with Crippen molar-refractivity contribution in [1.82, 2.24) is 19.9 Å². The second kappa shape index (κ2) is 25.4. The van der Waals surface area contributed by atoms with E-state index in [0.717, 1.165) is 140 Å². The van der Waals surface area contributed by atoms with Gasteiger partial charge in [-0.3, -0.25) is 0 Å². The van der Waals surface area contributed by atoms with E-state index in [1.54, 1.807) is 0 Å². The van der Waals surface area contributed by atoms with Crippen LogP contribution in [0.4, 0.5) is 0 Å². The Kier molecular flexibility index (Phi) is 15.7. The molecule has 8 heterocycles. The summed E-state index contributed by atoms with van der Waals surface area (Å²) in [7, 11) is 8.09. The fourth-order valence-electron chi connectivity index (χ4n) is 15.2. The van der Waals surface area contributed by atoms with Gasteiger partial charge in [-0.05, 0) is 163 Å². The average Bonchev–Trinajstić information content (AvgIpc) is 1.62. The summed E-state index contributed by atoms with van der Waals surface area (Å²) >= 11 is 0. The van der Waals surface area contributed by atoms with Crippen molar-refractivity contribution in [1.29, 1.82) is 0 Å². The van der Waals surface area contributed by atoms with Crippen molar-refractivity contribution in [3.63, 3.8) is 0 Å². The highest BCUT2D eigenvalue weighted by atomic mass is 16.3. The lowest BCUT2D eigenvalue weighted by molar-refractivity contribution is -0.663. The SMILES string of the molecule is Cc1cc2c(oc3ccc4ccccc4c32)c(-c2nccc[n+]2C)c1C.Cc1cc[n+](C)c(-c2c(C)ccc3c2oc2ccc4ccccc4c23)n1.Cc1ccc2c(oc3ccc4ccccc4c32)c1-c1nccc[n+]1C.Cc1cnc(-c2c(C)ccc3c2oc2ccc4ccccc4c23)[n+](C)c1. The Bertz CT molecular complexity index is 6860. The molecule has 0 atom stereocenters. The van der Waals surface area contributed by atoms with Gasteiger partial charge in [0.2, 0.25) is 0 Å². The summed E-state index contributed by atoms with van der Waals surface area (Å²) in [6.07, 6.45) is 13.7. The number of fused-ring (bicyclic) bond motifs is 20. The minimum atomic E-state index is 0.903. The second-order valence-electron chi connectivity index (χ2n) is 27.2. The van der Waals surface area contributed by atoms with Crippen LogP contribution in [0, 0.1) is 48.5 Å². The third kappa shape index (κ3) is 10.8. The maximum absolute atomic E-state index is 6.38. The zero-order chi connectivity index (χ0) is 70.5. The molecule has 12 nitrogen and oxygen atoms in total. The minimum Gasteiger partial charge on any atom is -0.455 e. The number of aryl methyl sites for hydroxylation is 10. The van der Waals surface area contributed by atoms with Crippen LogP contribution in [-0.2, 0) is 28.2 Å². The van der Waals surface area contributed by atoms with E-state index >= 15 is 0 Å². The molecular formula is C91H74N8O4+4. The van der Waals surface area contributed by atoms with Crippen molar-refractivity contribution in [2.45, 2.75) is 48.5 Å². The van der Waals surface area contributed by atoms with Gasteiger partial charge in [0.05, 0.1) is 53.0 Å². The van der Waals surface area contributed by atoms with Crippen LogP contribution in [0.15, 0.2) is 267 Å². The molecule has 0 radical (unpaired) electrons. The Labute approximate surface area is 594 Å². The fraction of sp³-hybridized carbons (Fsp3) is 0.121. The van der Waals surface area contributed by atoms with Crippen LogP contribution >= 0.6 is 0 Å². The summed E-state index contributed by atoms with van der Waals surface area (Å²) in [5.41, 5.74) is 19.6. The Hall–Kier alpha value is -12.8. The van der Waals surface area contributed by atoms with Crippen molar-refractivity contribution in [3.05, 3.63) is 289 Å². The molecule has 8 aromatic heterocycles. The number of rotatable bonds is 4. The Morgan fingerprint density at radius 1 is 0.291 bits per heavy atom. The van der Waals surface area contributed by atoms with Crippen molar-refractivity contribution in [2.24, 2.45) is 28.2 Å². The highest BCUT2D eigenvalue weighted by Gasteiger charge is 2.29. The molecule has 12 heteroatoms. The smallest absolute Gasteiger partial charge is 0.334 e. The van der Waals surface area contributed by atoms with Crippen molar-refractivity contribution in [3.8, 4) is 45.6 Å². The summed E-state index contributed by atoms with van der Waals surface area (Å²) in [6, 6.07) is 71.7. The Balaban J connectivity index is 0.000000102. The topological polar surface area (TPSA) is 120 Å². The molecule has 103 heavy (non-hydrogen) atoms. The lowest BCUT2D eigenvalue weighted by Gasteiger charge is -2.07. The molecule has 20 aromatic rings. The van der Waals surface area contributed by atoms with Crippen LogP contribution in [-0.4, -0.2) is 19.9 Å². The molecule has 0 aliphatic heterocycles. The van der Waals surface area contributed by atoms with E-state index in [9.17, 15) is 0 Å². The van der Waals surface area contributed by atoms with Crippen LogP contribution in [0.25, 0.3) is 176 Å². The molecule has 0 spiro atoms. The van der Waals surface area contributed by atoms with E-state index < -0.39 is 0 Å². The molecule has 0 unspecified atom stereocenters. The number of aromatic nitrogens is 8. The van der Waals surface area contributed by atoms with Crippen LogP contribution in [0.5, 0.6) is 0 Å². The molecule has 0 aliphatic rings. The van der Waals surface area contributed by atoms with Crippen molar-refractivity contribution in [2.75, 3.05) is 0 Å². The summed E-state index contributed by atoms with van der Waals surface area (Å²) in [6.45, 7) is 14.7. The average molecular weight is 1340 g/mol. The molecule has 0 bridgehead atoms. The van der Waals surface area contributed by atoms with Gasteiger partial charge in [-0.25, -0.2) is 18.3 Å². The summed E-state index contributed by atoms with van der Waals surface area (Å²) in [5.74, 6) is 3.68. The first-order valence-corrected chi connectivity index (χ1v) is 34.8. The molecule has 0 N–H and O–H groups in total. The monoisotopic (exact) mass is 1340 g/mol. The molecule has 498 valence electrons. The van der Waals surface area contributed by atoms with E-state index in [0.29, 0.717) is 0 Å². The molecule has 0 saturated carbocycles. The first kappa shape index (κ1) is 63.6. The van der Waals surface area contributed by atoms with Gasteiger partial charge in [-0.15, -0.1) is 0 Å². The van der Waals surface area contributed by atoms with Crippen LogP contribution in [0.2, 0.25) is 0 Å². The van der Waals surface area contributed by atoms with Crippen LogP contribution in [0.1, 0.15) is 39.1 Å². The van der Waals surface area contributed by atoms with Gasteiger partial charge in [-0.2, -0.15) is 0 Å². The summed E-state index contributed by atoms with van der Waals surface area (Å²) in [4.78, 5) is 18.7. The predicted molar refractivity (Wildman–Crippen MR) is 416 cm³/mol.